The fourth-order valence-electron chi connectivity index (χ4n) is 1.78. The average Bonchev–Trinajstić information content (AvgIpc) is 2.37. The van der Waals surface area contributed by atoms with E-state index in [2.05, 4.69) is 19.2 Å². The average molecular weight is 272 g/mol. The third-order valence-corrected chi connectivity index (χ3v) is 3.67. The first-order chi connectivity index (χ1) is 8.50. The second-order valence-electron chi connectivity index (χ2n) is 4.84. The number of β-amino-alcohol motifs (C(OH)–C–C–N with tert-alkyl or cyclic N) is 1. The summed E-state index contributed by atoms with van der Waals surface area (Å²) in [4.78, 5) is 0. The van der Waals surface area contributed by atoms with Crippen LogP contribution in [0.2, 0.25) is 5.02 Å². The summed E-state index contributed by atoms with van der Waals surface area (Å²) in [5, 5.41) is 23.1. The first kappa shape index (κ1) is 15.4. The molecule has 0 heterocycles. The van der Waals surface area contributed by atoms with Gasteiger partial charge in [-0.25, -0.2) is 0 Å². The van der Waals surface area contributed by atoms with E-state index in [9.17, 15) is 5.11 Å². The van der Waals surface area contributed by atoms with Crippen molar-refractivity contribution in [2.24, 2.45) is 0 Å². The zero-order valence-electron chi connectivity index (χ0n) is 11.0. The van der Waals surface area contributed by atoms with Crippen molar-refractivity contribution < 1.29 is 10.2 Å². The molecule has 1 aromatic carbocycles. The van der Waals surface area contributed by atoms with Crippen LogP contribution in [0.15, 0.2) is 24.3 Å². The summed E-state index contributed by atoms with van der Waals surface area (Å²) in [6.45, 7) is 4.73. The van der Waals surface area contributed by atoms with E-state index in [4.69, 9.17) is 16.7 Å². The number of aliphatic hydroxyl groups excluding tert-OH is 2. The van der Waals surface area contributed by atoms with E-state index in [1.165, 1.54) is 0 Å². The molecule has 0 aliphatic heterocycles. The Morgan fingerprint density at radius 1 is 1.33 bits per heavy atom. The lowest BCUT2D eigenvalue weighted by molar-refractivity contribution is 0.145. The van der Waals surface area contributed by atoms with Gasteiger partial charge in [0.25, 0.3) is 0 Å². The van der Waals surface area contributed by atoms with Gasteiger partial charge in [-0.05, 0) is 37.5 Å². The van der Waals surface area contributed by atoms with E-state index in [0.29, 0.717) is 18.0 Å². The van der Waals surface area contributed by atoms with E-state index < -0.39 is 6.10 Å². The number of rotatable bonds is 7. The minimum absolute atomic E-state index is 0.137. The van der Waals surface area contributed by atoms with Gasteiger partial charge in [-0.3, -0.25) is 0 Å². The molecule has 0 aliphatic carbocycles. The zero-order valence-corrected chi connectivity index (χ0v) is 11.7. The first-order valence-corrected chi connectivity index (χ1v) is 6.68. The van der Waals surface area contributed by atoms with Gasteiger partial charge >= 0.3 is 0 Å². The van der Waals surface area contributed by atoms with E-state index in [0.717, 1.165) is 12.0 Å². The van der Waals surface area contributed by atoms with Gasteiger partial charge in [-0.2, -0.15) is 0 Å². The van der Waals surface area contributed by atoms with Crippen molar-refractivity contribution in [3.05, 3.63) is 34.9 Å². The highest BCUT2D eigenvalue weighted by Gasteiger charge is 2.21. The predicted octanol–water partition coefficient (Wildman–Crippen LogP) is 2.51. The van der Waals surface area contributed by atoms with Gasteiger partial charge < -0.3 is 15.5 Å². The molecule has 3 nitrogen and oxygen atoms in total. The summed E-state index contributed by atoms with van der Waals surface area (Å²) in [6.07, 6.45) is 1.02. The van der Waals surface area contributed by atoms with Crippen molar-refractivity contribution in [3.63, 3.8) is 0 Å². The van der Waals surface area contributed by atoms with Crippen LogP contribution in [0.25, 0.3) is 0 Å². The molecule has 2 unspecified atom stereocenters. The van der Waals surface area contributed by atoms with E-state index >= 15 is 0 Å². The molecule has 1 aromatic rings. The molecule has 0 bridgehead atoms. The number of halogens is 1. The lowest BCUT2D eigenvalue weighted by Gasteiger charge is -2.30. The minimum atomic E-state index is -0.563. The molecule has 102 valence electrons. The molecule has 18 heavy (non-hydrogen) atoms. The van der Waals surface area contributed by atoms with Crippen molar-refractivity contribution in [3.8, 4) is 0 Å². The normalized spacial score (nSPS) is 16.3. The lowest BCUT2D eigenvalue weighted by Crippen LogP contribution is -2.44. The first-order valence-electron chi connectivity index (χ1n) is 6.30. The SMILES string of the molecule is CCC(C)(CCO)NCC(O)c1ccc(Cl)cc1. The number of aliphatic hydroxyl groups is 2. The smallest absolute Gasteiger partial charge is 0.0914 e. The van der Waals surface area contributed by atoms with Gasteiger partial charge in [0, 0.05) is 23.7 Å². The molecule has 2 atom stereocenters. The molecule has 0 spiro atoms. The topological polar surface area (TPSA) is 52.5 Å². The highest BCUT2D eigenvalue weighted by molar-refractivity contribution is 6.30. The Morgan fingerprint density at radius 3 is 2.44 bits per heavy atom. The van der Waals surface area contributed by atoms with Gasteiger partial charge in [0.05, 0.1) is 6.10 Å². The van der Waals surface area contributed by atoms with Crippen molar-refractivity contribution in [2.45, 2.75) is 38.3 Å². The second-order valence-corrected chi connectivity index (χ2v) is 5.27. The highest BCUT2D eigenvalue weighted by atomic mass is 35.5. The molecule has 0 saturated carbocycles. The van der Waals surface area contributed by atoms with Crippen LogP contribution in [0.4, 0.5) is 0 Å². The molecule has 1 rings (SSSR count). The Balaban J connectivity index is 2.54. The fraction of sp³-hybridized carbons (Fsp3) is 0.571. The molecule has 3 N–H and O–H groups in total. The van der Waals surface area contributed by atoms with Gasteiger partial charge in [0.1, 0.15) is 0 Å². The molecule has 4 heteroatoms. The summed E-state index contributed by atoms with van der Waals surface area (Å²) in [7, 11) is 0. The van der Waals surface area contributed by atoms with Crippen LogP contribution < -0.4 is 5.32 Å². The predicted molar refractivity (Wildman–Crippen MR) is 74.8 cm³/mol. The van der Waals surface area contributed by atoms with Crippen LogP contribution in [0, 0.1) is 0 Å². The van der Waals surface area contributed by atoms with E-state index in [-0.39, 0.29) is 12.1 Å². The van der Waals surface area contributed by atoms with Crippen LogP contribution in [0.5, 0.6) is 0 Å². The van der Waals surface area contributed by atoms with Crippen LogP contribution in [0.3, 0.4) is 0 Å². The van der Waals surface area contributed by atoms with Crippen molar-refractivity contribution in [1.29, 1.82) is 0 Å². The maximum Gasteiger partial charge on any atom is 0.0914 e. The summed E-state index contributed by atoms with van der Waals surface area (Å²) in [6, 6.07) is 7.19. The fourth-order valence-corrected chi connectivity index (χ4v) is 1.91. The Hall–Kier alpha value is -0.610. The minimum Gasteiger partial charge on any atom is -0.396 e. The van der Waals surface area contributed by atoms with Crippen molar-refractivity contribution >= 4 is 11.6 Å². The molecular weight excluding hydrogens is 250 g/mol. The van der Waals surface area contributed by atoms with Gasteiger partial charge in [0.2, 0.25) is 0 Å². The summed E-state index contributed by atoms with van der Waals surface area (Å²) >= 11 is 5.80. The molecule has 0 aromatic heterocycles. The number of benzene rings is 1. The standard InChI is InChI=1S/C14H22ClNO2/c1-3-14(2,8-9-17)16-10-13(18)11-4-6-12(15)7-5-11/h4-7,13,16-18H,3,8-10H2,1-2H3. The highest BCUT2D eigenvalue weighted by Crippen LogP contribution is 2.18. The van der Waals surface area contributed by atoms with Gasteiger partial charge in [-0.1, -0.05) is 30.7 Å². The quantitative estimate of drug-likeness (QED) is 0.714. The van der Waals surface area contributed by atoms with Crippen LogP contribution in [-0.2, 0) is 0 Å². The molecule has 0 aliphatic rings. The number of hydrogen-bond acceptors (Lipinski definition) is 3. The Kier molecular flexibility index (Phi) is 6.09. The maximum atomic E-state index is 10.1. The largest absolute Gasteiger partial charge is 0.396 e. The van der Waals surface area contributed by atoms with Crippen molar-refractivity contribution in [1.82, 2.24) is 5.32 Å². The van der Waals surface area contributed by atoms with Crippen LogP contribution in [0.1, 0.15) is 38.4 Å². The summed E-state index contributed by atoms with van der Waals surface area (Å²) in [5.74, 6) is 0. The molecule has 0 saturated heterocycles. The van der Waals surface area contributed by atoms with Crippen molar-refractivity contribution in [2.75, 3.05) is 13.2 Å². The Morgan fingerprint density at radius 2 is 1.94 bits per heavy atom. The molecule has 0 amide bonds. The molecular formula is C14H22ClNO2. The van der Waals surface area contributed by atoms with Crippen LogP contribution >= 0.6 is 11.6 Å². The Labute approximate surface area is 114 Å². The van der Waals surface area contributed by atoms with Gasteiger partial charge in [-0.15, -0.1) is 0 Å². The molecule has 0 radical (unpaired) electrons. The lowest BCUT2D eigenvalue weighted by atomic mass is 9.94. The van der Waals surface area contributed by atoms with E-state index in [1.807, 2.05) is 12.1 Å². The molecule has 0 fully saturated rings. The third kappa shape index (κ3) is 4.58. The summed E-state index contributed by atoms with van der Waals surface area (Å²) in [5.41, 5.74) is 0.705. The van der Waals surface area contributed by atoms with Gasteiger partial charge in [0.15, 0.2) is 0 Å². The number of nitrogens with one attached hydrogen (secondary N) is 1. The summed E-state index contributed by atoms with van der Waals surface area (Å²) < 4.78 is 0. The monoisotopic (exact) mass is 271 g/mol. The maximum absolute atomic E-state index is 10.1. The van der Waals surface area contributed by atoms with Crippen LogP contribution in [-0.4, -0.2) is 28.9 Å². The van der Waals surface area contributed by atoms with E-state index in [1.54, 1.807) is 12.1 Å². The second kappa shape index (κ2) is 7.10. The zero-order chi connectivity index (χ0) is 13.6. The number of hydrogen-bond donors (Lipinski definition) is 3. The Bertz CT molecular complexity index is 355. The third-order valence-electron chi connectivity index (χ3n) is 3.42.